The van der Waals surface area contributed by atoms with E-state index >= 15 is 0 Å². The van der Waals surface area contributed by atoms with Gasteiger partial charge < -0.3 is 14.5 Å². The lowest BCUT2D eigenvalue weighted by atomic mass is 10.1. The summed E-state index contributed by atoms with van der Waals surface area (Å²) in [5.41, 5.74) is 0. The lowest BCUT2D eigenvalue weighted by Gasteiger charge is -2.34. The molecule has 0 aliphatic carbocycles. The molecule has 2 aliphatic heterocycles. The number of carbonyl (C=O) groups is 2. The van der Waals surface area contributed by atoms with Crippen LogP contribution < -0.4 is 0 Å². The minimum Gasteiger partial charge on any atom is -0.378 e. The third kappa shape index (κ3) is 3.19. The maximum Gasteiger partial charge on any atom is 0.225 e. The van der Waals surface area contributed by atoms with Gasteiger partial charge in [-0.3, -0.25) is 9.59 Å². The molecule has 0 saturated carbocycles. The van der Waals surface area contributed by atoms with Gasteiger partial charge in [-0.25, -0.2) is 0 Å². The van der Waals surface area contributed by atoms with Gasteiger partial charge in [-0.15, -0.1) is 0 Å². The molecule has 17 heavy (non-hydrogen) atoms. The molecule has 5 nitrogen and oxygen atoms in total. The summed E-state index contributed by atoms with van der Waals surface area (Å²) in [5.74, 6) is 0.260. The molecule has 0 aromatic rings. The molecule has 0 aromatic carbocycles. The molecule has 2 fully saturated rings. The van der Waals surface area contributed by atoms with E-state index in [0.29, 0.717) is 32.6 Å². The summed E-state index contributed by atoms with van der Waals surface area (Å²) < 4.78 is 5.46. The summed E-state index contributed by atoms with van der Waals surface area (Å²) in [4.78, 5) is 26.8. The minimum absolute atomic E-state index is 0.0937. The molecule has 0 radical (unpaired) electrons. The first kappa shape index (κ1) is 12.4. The second-order valence-corrected chi connectivity index (χ2v) is 4.73. The second-order valence-electron chi connectivity index (χ2n) is 4.73. The number of carbonyl (C=O) groups excluding carboxylic acids is 2. The van der Waals surface area contributed by atoms with Crippen LogP contribution >= 0.6 is 0 Å². The Morgan fingerprint density at radius 3 is 2.35 bits per heavy atom. The SMILES string of the molecule is CC(=O)N1CCN(C(=O)CC2CCCO2)CC1. The topological polar surface area (TPSA) is 49.9 Å². The Bertz CT molecular complexity index is 292. The molecule has 0 bridgehead atoms. The largest absolute Gasteiger partial charge is 0.378 e. The predicted octanol–water partition coefficient (Wildman–Crippen LogP) is 0.246. The Labute approximate surface area is 102 Å². The molecule has 96 valence electrons. The van der Waals surface area contributed by atoms with Crippen LogP contribution in [0.15, 0.2) is 0 Å². The van der Waals surface area contributed by atoms with Crippen LogP contribution in [-0.2, 0) is 14.3 Å². The van der Waals surface area contributed by atoms with Gasteiger partial charge in [0.1, 0.15) is 0 Å². The number of nitrogens with zero attached hydrogens (tertiary/aromatic N) is 2. The van der Waals surface area contributed by atoms with Crippen molar-refractivity contribution in [2.45, 2.75) is 32.3 Å². The summed E-state index contributed by atoms with van der Waals surface area (Å²) in [7, 11) is 0. The van der Waals surface area contributed by atoms with Gasteiger partial charge >= 0.3 is 0 Å². The van der Waals surface area contributed by atoms with Crippen LogP contribution in [0.25, 0.3) is 0 Å². The first-order valence-corrected chi connectivity index (χ1v) is 6.31. The van der Waals surface area contributed by atoms with Crippen molar-refractivity contribution in [2.75, 3.05) is 32.8 Å². The zero-order valence-corrected chi connectivity index (χ0v) is 10.4. The quantitative estimate of drug-likeness (QED) is 0.695. The Balaban J connectivity index is 1.75. The van der Waals surface area contributed by atoms with E-state index in [1.54, 1.807) is 11.8 Å². The van der Waals surface area contributed by atoms with Crippen molar-refractivity contribution in [1.29, 1.82) is 0 Å². The molecule has 2 rings (SSSR count). The summed E-state index contributed by atoms with van der Waals surface area (Å²) in [6, 6.07) is 0. The van der Waals surface area contributed by atoms with Gasteiger partial charge in [0.25, 0.3) is 0 Å². The number of amides is 2. The third-order valence-corrected chi connectivity index (χ3v) is 3.50. The van der Waals surface area contributed by atoms with E-state index in [2.05, 4.69) is 0 Å². The fourth-order valence-electron chi connectivity index (χ4n) is 2.40. The van der Waals surface area contributed by atoms with E-state index < -0.39 is 0 Å². The average molecular weight is 240 g/mol. The zero-order chi connectivity index (χ0) is 12.3. The summed E-state index contributed by atoms with van der Waals surface area (Å²) in [5, 5.41) is 0. The van der Waals surface area contributed by atoms with Gasteiger partial charge in [0, 0.05) is 39.7 Å². The summed E-state index contributed by atoms with van der Waals surface area (Å²) in [6.07, 6.45) is 2.68. The highest BCUT2D eigenvalue weighted by atomic mass is 16.5. The van der Waals surface area contributed by atoms with Gasteiger partial charge in [0.05, 0.1) is 12.5 Å². The predicted molar refractivity (Wildman–Crippen MR) is 62.4 cm³/mol. The number of rotatable bonds is 2. The monoisotopic (exact) mass is 240 g/mol. The first-order valence-electron chi connectivity index (χ1n) is 6.31. The van der Waals surface area contributed by atoms with Crippen molar-refractivity contribution < 1.29 is 14.3 Å². The van der Waals surface area contributed by atoms with Crippen LogP contribution in [0.1, 0.15) is 26.2 Å². The van der Waals surface area contributed by atoms with Crippen molar-refractivity contribution in [3.05, 3.63) is 0 Å². The van der Waals surface area contributed by atoms with Crippen LogP contribution in [0, 0.1) is 0 Å². The highest BCUT2D eigenvalue weighted by Gasteiger charge is 2.26. The average Bonchev–Trinajstić information content (AvgIpc) is 2.82. The Morgan fingerprint density at radius 1 is 1.18 bits per heavy atom. The molecule has 2 saturated heterocycles. The van der Waals surface area contributed by atoms with E-state index in [1.165, 1.54) is 0 Å². The van der Waals surface area contributed by atoms with Crippen LogP contribution in [-0.4, -0.2) is 60.5 Å². The lowest BCUT2D eigenvalue weighted by molar-refractivity contribution is -0.139. The van der Waals surface area contributed by atoms with Crippen molar-refractivity contribution >= 4 is 11.8 Å². The molecule has 0 aromatic heterocycles. The molecule has 0 N–H and O–H groups in total. The number of hydrogen-bond donors (Lipinski definition) is 0. The normalized spacial score (nSPS) is 25.1. The van der Waals surface area contributed by atoms with E-state index in [0.717, 1.165) is 19.4 Å². The molecule has 1 unspecified atom stereocenters. The van der Waals surface area contributed by atoms with Crippen molar-refractivity contribution in [3.63, 3.8) is 0 Å². The molecular weight excluding hydrogens is 220 g/mol. The lowest BCUT2D eigenvalue weighted by Crippen LogP contribution is -2.50. The molecule has 2 amide bonds. The molecule has 0 spiro atoms. The maximum atomic E-state index is 12.0. The van der Waals surface area contributed by atoms with Crippen LogP contribution in [0.3, 0.4) is 0 Å². The first-order chi connectivity index (χ1) is 8.16. The van der Waals surface area contributed by atoms with Gasteiger partial charge in [-0.05, 0) is 12.8 Å². The van der Waals surface area contributed by atoms with Crippen molar-refractivity contribution in [3.8, 4) is 0 Å². The van der Waals surface area contributed by atoms with Crippen molar-refractivity contribution in [2.24, 2.45) is 0 Å². The summed E-state index contributed by atoms with van der Waals surface area (Å²) >= 11 is 0. The van der Waals surface area contributed by atoms with Gasteiger partial charge in [-0.1, -0.05) is 0 Å². The van der Waals surface area contributed by atoms with E-state index in [-0.39, 0.29) is 17.9 Å². The Hall–Kier alpha value is -1.10. The molecule has 2 aliphatic rings. The van der Waals surface area contributed by atoms with Crippen LogP contribution in [0.2, 0.25) is 0 Å². The molecule has 1 atom stereocenters. The van der Waals surface area contributed by atoms with Gasteiger partial charge in [0.2, 0.25) is 11.8 Å². The van der Waals surface area contributed by atoms with Crippen LogP contribution in [0.5, 0.6) is 0 Å². The number of piperazine rings is 1. The van der Waals surface area contributed by atoms with E-state index in [1.807, 2.05) is 4.90 Å². The Kier molecular flexibility index (Phi) is 3.99. The second kappa shape index (κ2) is 5.49. The highest BCUT2D eigenvalue weighted by molar-refractivity contribution is 5.77. The number of ether oxygens (including phenoxy) is 1. The summed E-state index contributed by atoms with van der Waals surface area (Å²) in [6.45, 7) is 5.00. The smallest absolute Gasteiger partial charge is 0.225 e. The highest BCUT2D eigenvalue weighted by Crippen LogP contribution is 2.17. The van der Waals surface area contributed by atoms with Gasteiger partial charge in [0.15, 0.2) is 0 Å². The molecule has 5 heteroatoms. The maximum absolute atomic E-state index is 12.0. The molecule has 2 heterocycles. The van der Waals surface area contributed by atoms with E-state index in [4.69, 9.17) is 4.74 Å². The van der Waals surface area contributed by atoms with Crippen molar-refractivity contribution in [1.82, 2.24) is 9.80 Å². The number of hydrogen-bond acceptors (Lipinski definition) is 3. The minimum atomic E-state index is 0.0937. The Morgan fingerprint density at radius 2 is 1.82 bits per heavy atom. The van der Waals surface area contributed by atoms with Crippen LogP contribution in [0.4, 0.5) is 0 Å². The standard InChI is InChI=1S/C12H20N2O3/c1-10(15)13-4-6-14(7-5-13)12(16)9-11-3-2-8-17-11/h11H,2-9H2,1H3. The zero-order valence-electron chi connectivity index (χ0n) is 10.4. The molecular formula is C12H20N2O3. The van der Waals surface area contributed by atoms with E-state index in [9.17, 15) is 9.59 Å². The fraction of sp³-hybridized carbons (Fsp3) is 0.833. The fourth-order valence-corrected chi connectivity index (χ4v) is 2.40. The van der Waals surface area contributed by atoms with Gasteiger partial charge in [-0.2, -0.15) is 0 Å². The third-order valence-electron chi connectivity index (χ3n) is 3.50.